The molecule has 1 aromatic heterocycles. The van der Waals surface area contributed by atoms with E-state index >= 15 is 0 Å². The SMILES string of the molecule is COc1ccc2c(c1)C(=O)CC(c1cncc(Br)c1)O2. The molecule has 0 fully saturated rings. The van der Waals surface area contributed by atoms with Crippen molar-refractivity contribution in [3.63, 3.8) is 0 Å². The van der Waals surface area contributed by atoms with Crippen molar-refractivity contribution in [2.45, 2.75) is 12.5 Å². The number of nitrogens with zero attached hydrogens (tertiary/aromatic N) is 1. The molecule has 0 radical (unpaired) electrons. The quantitative estimate of drug-likeness (QED) is 0.843. The zero-order chi connectivity index (χ0) is 14.1. The number of hydrogen-bond acceptors (Lipinski definition) is 4. The summed E-state index contributed by atoms with van der Waals surface area (Å²) in [5.41, 5.74) is 1.46. The number of ketones is 1. The Morgan fingerprint density at radius 2 is 2.20 bits per heavy atom. The zero-order valence-corrected chi connectivity index (χ0v) is 12.4. The van der Waals surface area contributed by atoms with Gasteiger partial charge in [0.25, 0.3) is 0 Å². The Morgan fingerprint density at radius 1 is 1.35 bits per heavy atom. The van der Waals surface area contributed by atoms with Crippen molar-refractivity contribution in [2.24, 2.45) is 0 Å². The number of aromatic nitrogens is 1. The fraction of sp³-hybridized carbons (Fsp3) is 0.200. The van der Waals surface area contributed by atoms with Crippen molar-refractivity contribution < 1.29 is 14.3 Å². The Labute approximate surface area is 124 Å². The third-order valence-electron chi connectivity index (χ3n) is 3.22. The van der Waals surface area contributed by atoms with Gasteiger partial charge in [0, 0.05) is 22.4 Å². The van der Waals surface area contributed by atoms with E-state index in [1.165, 1.54) is 0 Å². The Balaban J connectivity index is 1.95. The number of rotatable bonds is 2. The fourth-order valence-corrected chi connectivity index (χ4v) is 2.60. The molecule has 0 N–H and O–H groups in total. The highest BCUT2D eigenvalue weighted by atomic mass is 79.9. The van der Waals surface area contributed by atoms with Crippen molar-refractivity contribution in [1.82, 2.24) is 4.98 Å². The number of fused-ring (bicyclic) bond motifs is 1. The molecule has 1 unspecified atom stereocenters. The molecule has 5 heteroatoms. The second-order valence-corrected chi connectivity index (χ2v) is 5.45. The summed E-state index contributed by atoms with van der Waals surface area (Å²) in [6.45, 7) is 0. The molecule has 0 aliphatic carbocycles. The van der Waals surface area contributed by atoms with Gasteiger partial charge in [-0.05, 0) is 40.2 Å². The highest BCUT2D eigenvalue weighted by Gasteiger charge is 2.28. The minimum absolute atomic E-state index is 0.0510. The molecule has 0 amide bonds. The number of methoxy groups -OCH3 is 1. The van der Waals surface area contributed by atoms with Crippen LogP contribution in [0.5, 0.6) is 11.5 Å². The molecule has 4 nitrogen and oxygen atoms in total. The highest BCUT2D eigenvalue weighted by molar-refractivity contribution is 9.10. The average molecular weight is 334 g/mol. The van der Waals surface area contributed by atoms with E-state index in [4.69, 9.17) is 9.47 Å². The first-order chi connectivity index (χ1) is 9.67. The molecule has 1 aromatic carbocycles. The summed E-state index contributed by atoms with van der Waals surface area (Å²) in [5, 5.41) is 0. The molecule has 2 aromatic rings. The predicted octanol–water partition coefficient (Wildman–Crippen LogP) is 3.56. The van der Waals surface area contributed by atoms with E-state index in [1.54, 1.807) is 37.7 Å². The monoisotopic (exact) mass is 333 g/mol. The minimum atomic E-state index is -0.298. The number of ether oxygens (including phenoxy) is 2. The van der Waals surface area contributed by atoms with Gasteiger partial charge in [-0.2, -0.15) is 0 Å². The first kappa shape index (κ1) is 13.1. The summed E-state index contributed by atoms with van der Waals surface area (Å²) in [6, 6.07) is 7.18. The maximum atomic E-state index is 12.3. The standard InChI is InChI=1S/C15H12BrNO3/c1-19-11-2-3-14-12(5-11)13(18)6-15(20-14)9-4-10(16)8-17-7-9/h2-5,7-8,15H,6H2,1H3. The van der Waals surface area contributed by atoms with Gasteiger partial charge in [-0.15, -0.1) is 0 Å². The summed E-state index contributed by atoms with van der Waals surface area (Å²) < 4.78 is 11.9. The van der Waals surface area contributed by atoms with Gasteiger partial charge < -0.3 is 9.47 Å². The van der Waals surface area contributed by atoms with E-state index < -0.39 is 0 Å². The molecule has 0 spiro atoms. The summed E-state index contributed by atoms with van der Waals surface area (Å²) in [7, 11) is 1.58. The van der Waals surface area contributed by atoms with Gasteiger partial charge in [0.05, 0.1) is 19.1 Å². The van der Waals surface area contributed by atoms with Crippen LogP contribution < -0.4 is 9.47 Å². The van der Waals surface area contributed by atoms with Crippen LogP contribution in [0.25, 0.3) is 0 Å². The molecule has 1 aliphatic heterocycles. The zero-order valence-electron chi connectivity index (χ0n) is 10.8. The largest absolute Gasteiger partial charge is 0.497 e. The van der Waals surface area contributed by atoms with Crippen LogP contribution in [0.15, 0.2) is 41.1 Å². The first-order valence-corrected chi connectivity index (χ1v) is 6.95. The molecule has 0 saturated heterocycles. The second-order valence-electron chi connectivity index (χ2n) is 4.53. The lowest BCUT2D eigenvalue weighted by atomic mass is 9.97. The van der Waals surface area contributed by atoms with Gasteiger partial charge in [-0.3, -0.25) is 9.78 Å². The lowest BCUT2D eigenvalue weighted by molar-refractivity contribution is 0.0849. The number of carbonyl (C=O) groups is 1. The van der Waals surface area contributed by atoms with E-state index in [2.05, 4.69) is 20.9 Å². The van der Waals surface area contributed by atoms with Crippen LogP contribution in [0.1, 0.15) is 28.4 Å². The van der Waals surface area contributed by atoms with E-state index in [1.807, 2.05) is 6.07 Å². The summed E-state index contributed by atoms with van der Waals surface area (Å²) in [4.78, 5) is 16.4. The number of hydrogen-bond donors (Lipinski definition) is 0. The molecule has 102 valence electrons. The second kappa shape index (κ2) is 5.25. The molecule has 0 bridgehead atoms. The third kappa shape index (κ3) is 2.41. The van der Waals surface area contributed by atoms with Crippen LogP contribution in [0, 0.1) is 0 Å². The normalized spacial score (nSPS) is 17.3. The Morgan fingerprint density at radius 3 is 2.95 bits per heavy atom. The lowest BCUT2D eigenvalue weighted by Crippen LogP contribution is -2.20. The van der Waals surface area contributed by atoms with Crippen LogP contribution in [-0.4, -0.2) is 17.9 Å². The minimum Gasteiger partial charge on any atom is -0.497 e. The molecule has 2 heterocycles. The summed E-state index contributed by atoms with van der Waals surface area (Å²) in [5.74, 6) is 1.30. The number of halogens is 1. The van der Waals surface area contributed by atoms with E-state index in [9.17, 15) is 4.79 Å². The van der Waals surface area contributed by atoms with Gasteiger partial charge in [-0.1, -0.05) is 0 Å². The average Bonchev–Trinajstić information content (AvgIpc) is 2.47. The third-order valence-corrected chi connectivity index (χ3v) is 3.66. The van der Waals surface area contributed by atoms with E-state index in [0.717, 1.165) is 10.0 Å². The number of carbonyl (C=O) groups excluding carboxylic acids is 1. The molecular weight excluding hydrogens is 322 g/mol. The van der Waals surface area contributed by atoms with Crippen molar-refractivity contribution in [2.75, 3.05) is 7.11 Å². The summed E-state index contributed by atoms with van der Waals surface area (Å²) in [6.07, 6.45) is 3.43. The van der Waals surface area contributed by atoms with Gasteiger partial charge >= 0.3 is 0 Å². The van der Waals surface area contributed by atoms with Crippen molar-refractivity contribution in [3.8, 4) is 11.5 Å². The number of Topliss-reactive ketones (excluding diaryl/α,β-unsaturated/α-hetero) is 1. The fourth-order valence-electron chi connectivity index (χ4n) is 2.22. The van der Waals surface area contributed by atoms with Crippen LogP contribution in [-0.2, 0) is 0 Å². The van der Waals surface area contributed by atoms with Gasteiger partial charge in [-0.25, -0.2) is 0 Å². The Bertz CT molecular complexity index is 672. The Hall–Kier alpha value is -1.88. The van der Waals surface area contributed by atoms with Crippen LogP contribution in [0.2, 0.25) is 0 Å². The van der Waals surface area contributed by atoms with Crippen molar-refractivity contribution in [3.05, 3.63) is 52.3 Å². The molecular formula is C15H12BrNO3. The molecule has 1 atom stereocenters. The predicted molar refractivity (Wildman–Crippen MR) is 77.2 cm³/mol. The van der Waals surface area contributed by atoms with Crippen molar-refractivity contribution in [1.29, 1.82) is 0 Å². The van der Waals surface area contributed by atoms with E-state index in [0.29, 0.717) is 23.5 Å². The maximum absolute atomic E-state index is 12.3. The smallest absolute Gasteiger partial charge is 0.170 e. The van der Waals surface area contributed by atoms with E-state index in [-0.39, 0.29) is 11.9 Å². The highest BCUT2D eigenvalue weighted by Crippen LogP contribution is 2.36. The molecule has 3 rings (SSSR count). The number of pyridine rings is 1. The van der Waals surface area contributed by atoms with Crippen LogP contribution in [0.3, 0.4) is 0 Å². The summed E-state index contributed by atoms with van der Waals surface area (Å²) >= 11 is 3.37. The number of benzene rings is 1. The molecule has 1 aliphatic rings. The first-order valence-electron chi connectivity index (χ1n) is 6.15. The van der Waals surface area contributed by atoms with Gasteiger partial charge in [0.2, 0.25) is 0 Å². The van der Waals surface area contributed by atoms with Crippen LogP contribution in [0.4, 0.5) is 0 Å². The van der Waals surface area contributed by atoms with Crippen LogP contribution >= 0.6 is 15.9 Å². The molecule has 20 heavy (non-hydrogen) atoms. The topological polar surface area (TPSA) is 48.4 Å². The van der Waals surface area contributed by atoms with Crippen molar-refractivity contribution >= 4 is 21.7 Å². The molecule has 0 saturated carbocycles. The lowest BCUT2D eigenvalue weighted by Gasteiger charge is -2.25. The van der Waals surface area contributed by atoms with Gasteiger partial charge in [0.1, 0.15) is 17.6 Å². The Kier molecular flexibility index (Phi) is 3.44. The maximum Gasteiger partial charge on any atom is 0.170 e. The van der Waals surface area contributed by atoms with Gasteiger partial charge in [0.15, 0.2) is 5.78 Å².